The summed E-state index contributed by atoms with van der Waals surface area (Å²) in [5.74, 6) is 1.41. The Balaban J connectivity index is 1.99. The molecule has 0 aliphatic heterocycles. The van der Waals surface area contributed by atoms with Gasteiger partial charge in [-0.3, -0.25) is 9.69 Å². The van der Waals surface area contributed by atoms with Crippen LogP contribution in [0.5, 0.6) is 11.5 Å². The molecule has 146 valence electrons. The van der Waals surface area contributed by atoms with E-state index in [1.807, 2.05) is 50.9 Å². The van der Waals surface area contributed by atoms with Crippen LogP contribution >= 0.6 is 0 Å². The third-order valence-electron chi connectivity index (χ3n) is 4.34. The van der Waals surface area contributed by atoms with Gasteiger partial charge in [0.05, 0.1) is 20.3 Å². The van der Waals surface area contributed by atoms with Crippen LogP contribution in [0.1, 0.15) is 29.2 Å². The van der Waals surface area contributed by atoms with Crippen LogP contribution in [0.25, 0.3) is 0 Å². The summed E-state index contributed by atoms with van der Waals surface area (Å²) in [7, 11) is 3.56. The molecule has 1 N–H and O–H groups in total. The molecule has 27 heavy (non-hydrogen) atoms. The SMILES string of the molecule is CCOc1ccc(CN(C)CC(=O)Nc2c(C)cc(C)cc2C)cc1OC. The Hall–Kier alpha value is -2.53. The number of hydrogen-bond acceptors (Lipinski definition) is 4. The molecule has 2 aromatic rings. The predicted octanol–water partition coefficient (Wildman–Crippen LogP) is 4.09. The van der Waals surface area contributed by atoms with Crippen LogP contribution in [0.3, 0.4) is 0 Å². The van der Waals surface area contributed by atoms with Crippen molar-refractivity contribution in [3.8, 4) is 11.5 Å². The number of methoxy groups -OCH3 is 1. The minimum absolute atomic E-state index is 0.0227. The minimum Gasteiger partial charge on any atom is -0.493 e. The van der Waals surface area contributed by atoms with Crippen molar-refractivity contribution in [3.05, 3.63) is 52.6 Å². The van der Waals surface area contributed by atoms with Crippen LogP contribution in [0, 0.1) is 20.8 Å². The lowest BCUT2D eigenvalue weighted by atomic mass is 10.1. The van der Waals surface area contributed by atoms with Crippen molar-refractivity contribution < 1.29 is 14.3 Å². The number of ether oxygens (including phenoxy) is 2. The lowest BCUT2D eigenvalue weighted by molar-refractivity contribution is -0.117. The number of carbonyl (C=O) groups excluding carboxylic acids is 1. The van der Waals surface area contributed by atoms with Gasteiger partial charge in [0.15, 0.2) is 11.5 Å². The molecule has 0 unspecified atom stereocenters. The van der Waals surface area contributed by atoms with Crippen LogP contribution in [-0.2, 0) is 11.3 Å². The molecule has 0 heterocycles. The first-order valence-electron chi connectivity index (χ1n) is 9.20. The Morgan fingerprint density at radius 1 is 1.07 bits per heavy atom. The number of likely N-dealkylation sites (N-methyl/N-ethyl adjacent to an activating group) is 1. The Bertz CT molecular complexity index is 779. The van der Waals surface area contributed by atoms with Crippen LogP contribution in [0.15, 0.2) is 30.3 Å². The summed E-state index contributed by atoms with van der Waals surface area (Å²) in [4.78, 5) is 14.4. The second-order valence-corrected chi connectivity index (χ2v) is 6.91. The van der Waals surface area contributed by atoms with E-state index in [0.717, 1.165) is 28.1 Å². The maximum Gasteiger partial charge on any atom is 0.238 e. The van der Waals surface area contributed by atoms with E-state index in [1.165, 1.54) is 5.56 Å². The molecule has 0 saturated heterocycles. The quantitative estimate of drug-likeness (QED) is 0.760. The lowest BCUT2D eigenvalue weighted by Gasteiger charge is -2.19. The Morgan fingerprint density at radius 2 is 1.74 bits per heavy atom. The van der Waals surface area contributed by atoms with Crippen LogP contribution in [-0.4, -0.2) is 38.1 Å². The molecule has 0 aliphatic rings. The summed E-state index contributed by atoms with van der Waals surface area (Å²) in [6, 6.07) is 10.0. The first-order valence-corrected chi connectivity index (χ1v) is 9.20. The fourth-order valence-electron chi connectivity index (χ4n) is 3.25. The molecule has 0 bridgehead atoms. The van der Waals surface area contributed by atoms with E-state index < -0.39 is 0 Å². The molecule has 0 fully saturated rings. The maximum atomic E-state index is 12.5. The highest BCUT2D eigenvalue weighted by atomic mass is 16.5. The first kappa shape index (κ1) is 20.8. The van der Waals surface area contributed by atoms with Gasteiger partial charge >= 0.3 is 0 Å². The van der Waals surface area contributed by atoms with Gasteiger partial charge in [-0.05, 0) is 63.6 Å². The zero-order valence-electron chi connectivity index (χ0n) is 17.2. The second-order valence-electron chi connectivity index (χ2n) is 6.91. The summed E-state index contributed by atoms with van der Waals surface area (Å²) in [5.41, 5.74) is 5.33. The van der Waals surface area contributed by atoms with Crippen molar-refractivity contribution in [3.63, 3.8) is 0 Å². The fraction of sp³-hybridized carbons (Fsp3) is 0.409. The molecule has 0 atom stereocenters. The van der Waals surface area contributed by atoms with Crippen molar-refractivity contribution in [2.24, 2.45) is 0 Å². The summed E-state index contributed by atoms with van der Waals surface area (Å²) in [5, 5.41) is 3.05. The Labute approximate surface area is 162 Å². The normalized spacial score (nSPS) is 10.8. The zero-order chi connectivity index (χ0) is 20.0. The first-order chi connectivity index (χ1) is 12.8. The van der Waals surface area contributed by atoms with Gasteiger partial charge in [-0.25, -0.2) is 0 Å². The molecule has 2 aromatic carbocycles. The van der Waals surface area contributed by atoms with Gasteiger partial charge in [0.2, 0.25) is 5.91 Å². The number of benzene rings is 2. The number of nitrogens with zero attached hydrogens (tertiary/aromatic N) is 1. The van der Waals surface area contributed by atoms with Crippen molar-refractivity contribution >= 4 is 11.6 Å². The molecule has 0 aromatic heterocycles. The van der Waals surface area contributed by atoms with Crippen molar-refractivity contribution in [2.75, 3.05) is 32.6 Å². The molecular formula is C22H30N2O3. The number of anilines is 1. The average Bonchev–Trinajstić information content (AvgIpc) is 2.59. The highest BCUT2D eigenvalue weighted by molar-refractivity contribution is 5.93. The van der Waals surface area contributed by atoms with E-state index in [1.54, 1.807) is 7.11 Å². The van der Waals surface area contributed by atoms with Crippen molar-refractivity contribution in [2.45, 2.75) is 34.2 Å². The second kappa shape index (κ2) is 9.42. The van der Waals surface area contributed by atoms with Gasteiger partial charge in [0.25, 0.3) is 0 Å². The molecule has 1 amide bonds. The summed E-state index contributed by atoms with van der Waals surface area (Å²) in [6.07, 6.45) is 0. The monoisotopic (exact) mass is 370 g/mol. The molecule has 0 spiro atoms. The van der Waals surface area contributed by atoms with Gasteiger partial charge in [0, 0.05) is 12.2 Å². The molecular weight excluding hydrogens is 340 g/mol. The summed E-state index contributed by atoms with van der Waals surface area (Å²) < 4.78 is 10.9. The molecule has 5 nitrogen and oxygen atoms in total. The van der Waals surface area contributed by atoms with Gasteiger partial charge in [-0.15, -0.1) is 0 Å². The summed E-state index contributed by atoms with van der Waals surface area (Å²) in [6.45, 7) is 9.58. The lowest BCUT2D eigenvalue weighted by Crippen LogP contribution is -2.30. The number of hydrogen-bond donors (Lipinski definition) is 1. The van der Waals surface area contributed by atoms with E-state index in [9.17, 15) is 4.79 Å². The van der Waals surface area contributed by atoms with Gasteiger partial charge in [-0.1, -0.05) is 23.8 Å². The fourth-order valence-corrected chi connectivity index (χ4v) is 3.25. The van der Waals surface area contributed by atoms with E-state index >= 15 is 0 Å². The molecule has 0 aliphatic carbocycles. The Kier molecular flexibility index (Phi) is 7.25. The standard InChI is InChI=1S/C22H30N2O3/c1-7-27-19-9-8-18(12-20(19)26-6)13-24(5)14-21(25)23-22-16(3)10-15(2)11-17(22)4/h8-12H,7,13-14H2,1-6H3,(H,23,25). The smallest absolute Gasteiger partial charge is 0.238 e. The number of nitrogens with one attached hydrogen (secondary N) is 1. The maximum absolute atomic E-state index is 12.5. The van der Waals surface area contributed by atoms with Gasteiger partial charge in [-0.2, -0.15) is 0 Å². The van der Waals surface area contributed by atoms with E-state index in [4.69, 9.17) is 9.47 Å². The average molecular weight is 370 g/mol. The molecule has 2 rings (SSSR count). The third-order valence-corrected chi connectivity index (χ3v) is 4.34. The van der Waals surface area contributed by atoms with Crippen LogP contribution < -0.4 is 14.8 Å². The third kappa shape index (κ3) is 5.73. The number of carbonyl (C=O) groups is 1. The largest absolute Gasteiger partial charge is 0.493 e. The summed E-state index contributed by atoms with van der Waals surface area (Å²) >= 11 is 0. The Morgan fingerprint density at radius 3 is 2.33 bits per heavy atom. The van der Waals surface area contributed by atoms with Gasteiger partial charge in [0.1, 0.15) is 0 Å². The minimum atomic E-state index is -0.0227. The van der Waals surface area contributed by atoms with Crippen molar-refractivity contribution in [1.82, 2.24) is 4.90 Å². The van der Waals surface area contributed by atoms with Crippen molar-refractivity contribution in [1.29, 1.82) is 0 Å². The van der Waals surface area contributed by atoms with Crippen LogP contribution in [0.4, 0.5) is 5.69 Å². The van der Waals surface area contributed by atoms with Gasteiger partial charge < -0.3 is 14.8 Å². The number of amides is 1. The number of rotatable bonds is 8. The predicted molar refractivity (Wildman–Crippen MR) is 110 cm³/mol. The van der Waals surface area contributed by atoms with Crippen LogP contribution in [0.2, 0.25) is 0 Å². The highest BCUT2D eigenvalue weighted by Gasteiger charge is 2.12. The highest BCUT2D eigenvalue weighted by Crippen LogP contribution is 2.28. The van der Waals surface area contributed by atoms with E-state index in [2.05, 4.69) is 24.4 Å². The molecule has 0 radical (unpaired) electrons. The topological polar surface area (TPSA) is 50.8 Å². The molecule has 0 saturated carbocycles. The zero-order valence-corrected chi connectivity index (χ0v) is 17.2. The number of aryl methyl sites for hydroxylation is 3. The van der Waals surface area contributed by atoms with E-state index in [-0.39, 0.29) is 5.91 Å². The molecule has 5 heteroatoms. The van der Waals surface area contributed by atoms with E-state index in [0.29, 0.717) is 25.4 Å².